The number of carbonyl (C=O) groups is 2. The largest absolute Gasteiger partial charge is 0.378 e. The summed E-state index contributed by atoms with van der Waals surface area (Å²) in [5.74, 6) is -1.27. The molecular formula is C22H27N3O3. The van der Waals surface area contributed by atoms with Gasteiger partial charge in [0.05, 0.1) is 13.2 Å². The van der Waals surface area contributed by atoms with E-state index in [1.807, 2.05) is 26.0 Å². The summed E-state index contributed by atoms with van der Waals surface area (Å²) in [4.78, 5) is 26.3. The Hall–Kier alpha value is -2.86. The van der Waals surface area contributed by atoms with Crippen LogP contribution >= 0.6 is 0 Å². The second-order valence-corrected chi connectivity index (χ2v) is 7.02. The van der Waals surface area contributed by atoms with Gasteiger partial charge in [-0.25, -0.2) is 0 Å². The van der Waals surface area contributed by atoms with Crippen molar-refractivity contribution in [1.29, 1.82) is 0 Å². The van der Waals surface area contributed by atoms with Crippen molar-refractivity contribution in [3.05, 3.63) is 59.2 Å². The van der Waals surface area contributed by atoms with E-state index in [4.69, 9.17) is 4.74 Å². The van der Waals surface area contributed by atoms with Crippen molar-refractivity contribution < 1.29 is 14.3 Å². The van der Waals surface area contributed by atoms with Crippen LogP contribution < -0.4 is 15.5 Å². The number of amides is 2. The zero-order valence-electron chi connectivity index (χ0n) is 16.5. The summed E-state index contributed by atoms with van der Waals surface area (Å²) in [5.41, 5.74) is 5.14. The zero-order chi connectivity index (χ0) is 19.9. The minimum absolute atomic E-state index is 0.413. The number of rotatable bonds is 5. The van der Waals surface area contributed by atoms with Crippen LogP contribution in [0.25, 0.3) is 0 Å². The fourth-order valence-electron chi connectivity index (χ4n) is 3.10. The summed E-state index contributed by atoms with van der Waals surface area (Å²) in [6, 6.07) is 13.9. The van der Waals surface area contributed by atoms with Gasteiger partial charge in [0.1, 0.15) is 0 Å². The minimum Gasteiger partial charge on any atom is -0.378 e. The monoisotopic (exact) mass is 381 g/mol. The summed E-state index contributed by atoms with van der Waals surface area (Å²) in [5, 5.41) is 5.31. The smallest absolute Gasteiger partial charge is 0.313 e. The van der Waals surface area contributed by atoms with Crippen molar-refractivity contribution in [2.45, 2.75) is 20.3 Å². The number of hydrogen-bond acceptors (Lipinski definition) is 4. The number of nitrogens with zero attached hydrogens (tertiary/aromatic N) is 1. The van der Waals surface area contributed by atoms with E-state index in [2.05, 4.69) is 39.8 Å². The van der Waals surface area contributed by atoms with Gasteiger partial charge in [0, 0.05) is 31.0 Å². The van der Waals surface area contributed by atoms with Crippen molar-refractivity contribution in [3.63, 3.8) is 0 Å². The third kappa shape index (κ3) is 5.33. The highest BCUT2D eigenvalue weighted by Crippen LogP contribution is 2.17. The molecule has 0 radical (unpaired) electrons. The lowest BCUT2D eigenvalue weighted by Gasteiger charge is -2.28. The third-order valence-electron chi connectivity index (χ3n) is 4.98. The number of morpholine rings is 1. The Morgan fingerprint density at radius 1 is 0.964 bits per heavy atom. The molecule has 0 aromatic heterocycles. The van der Waals surface area contributed by atoms with Crippen LogP contribution in [0.1, 0.15) is 16.7 Å². The average Bonchev–Trinajstić information content (AvgIpc) is 2.72. The lowest BCUT2D eigenvalue weighted by Crippen LogP contribution is -2.36. The highest BCUT2D eigenvalue weighted by Gasteiger charge is 2.14. The van der Waals surface area contributed by atoms with Gasteiger partial charge in [0.25, 0.3) is 0 Å². The maximum absolute atomic E-state index is 12.0. The van der Waals surface area contributed by atoms with Gasteiger partial charge in [0.15, 0.2) is 0 Å². The van der Waals surface area contributed by atoms with Gasteiger partial charge in [-0.2, -0.15) is 0 Å². The molecule has 1 fully saturated rings. The van der Waals surface area contributed by atoms with E-state index in [9.17, 15) is 9.59 Å². The van der Waals surface area contributed by atoms with Gasteiger partial charge in [-0.3, -0.25) is 9.59 Å². The number of carbonyl (C=O) groups excluding carboxylic acids is 2. The van der Waals surface area contributed by atoms with Crippen LogP contribution in [0.3, 0.4) is 0 Å². The molecule has 28 heavy (non-hydrogen) atoms. The number of benzene rings is 2. The molecular weight excluding hydrogens is 354 g/mol. The predicted molar refractivity (Wildman–Crippen MR) is 111 cm³/mol. The van der Waals surface area contributed by atoms with Crippen LogP contribution in [0.15, 0.2) is 42.5 Å². The standard InChI is InChI=1S/C22H27N3O3/c1-16-3-6-19(15-17(16)2)24-22(27)21(26)23-10-9-18-4-7-20(8-5-18)25-11-13-28-14-12-25/h3-8,15H,9-14H2,1-2H3,(H,23,26)(H,24,27). The van der Waals surface area contributed by atoms with Gasteiger partial charge >= 0.3 is 11.8 Å². The minimum atomic E-state index is -0.647. The molecule has 2 amide bonds. The van der Waals surface area contributed by atoms with Crippen molar-refractivity contribution in [2.24, 2.45) is 0 Å². The first-order valence-corrected chi connectivity index (χ1v) is 9.61. The highest BCUT2D eigenvalue weighted by atomic mass is 16.5. The zero-order valence-corrected chi connectivity index (χ0v) is 16.5. The van der Waals surface area contributed by atoms with E-state index in [0.29, 0.717) is 18.7 Å². The number of hydrogen-bond donors (Lipinski definition) is 2. The average molecular weight is 381 g/mol. The molecule has 3 rings (SSSR count). The second-order valence-electron chi connectivity index (χ2n) is 7.02. The van der Waals surface area contributed by atoms with Crippen LogP contribution in [-0.4, -0.2) is 44.7 Å². The van der Waals surface area contributed by atoms with Crippen LogP contribution in [0.2, 0.25) is 0 Å². The van der Waals surface area contributed by atoms with E-state index in [0.717, 1.165) is 43.0 Å². The van der Waals surface area contributed by atoms with E-state index in [1.54, 1.807) is 6.07 Å². The lowest BCUT2D eigenvalue weighted by atomic mass is 10.1. The highest BCUT2D eigenvalue weighted by molar-refractivity contribution is 6.39. The van der Waals surface area contributed by atoms with Crippen molar-refractivity contribution in [3.8, 4) is 0 Å². The maximum Gasteiger partial charge on any atom is 0.313 e. The first-order valence-electron chi connectivity index (χ1n) is 9.61. The topological polar surface area (TPSA) is 70.7 Å². The van der Waals surface area contributed by atoms with Crippen LogP contribution in [0, 0.1) is 13.8 Å². The Morgan fingerprint density at radius 3 is 2.36 bits per heavy atom. The molecule has 6 nitrogen and oxygen atoms in total. The molecule has 1 heterocycles. The maximum atomic E-state index is 12.0. The molecule has 2 N–H and O–H groups in total. The van der Waals surface area contributed by atoms with E-state index in [1.165, 1.54) is 5.69 Å². The number of aryl methyl sites for hydroxylation is 2. The number of nitrogens with one attached hydrogen (secondary N) is 2. The molecule has 2 aromatic carbocycles. The summed E-state index contributed by atoms with van der Waals surface area (Å²) in [6.45, 7) is 7.72. The Kier molecular flexibility index (Phi) is 6.66. The summed E-state index contributed by atoms with van der Waals surface area (Å²) in [6.07, 6.45) is 0.673. The number of anilines is 2. The first kappa shape index (κ1) is 19.9. The predicted octanol–water partition coefficient (Wildman–Crippen LogP) is 2.44. The fraction of sp³-hybridized carbons (Fsp3) is 0.364. The molecule has 0 aliphatic carbocycles. The molecule has 0 spiro atoms. The summed E-state index contributed by atoms with van der Waals surface area (Å²) >= 11 is 0. The second kappa shape index (κ2) is 9.37. The Labute approximate surface area is 165 Å². The fourth-order valence-corrected chi connectivity index (χ4v) is 3.10. The van der Waals surface area contributed by atoms with Gasteiger partial charge < -0.3 is 20.3 Å². The molecule has 6 heteroatoms. The van der Waals surface area contributed by atoms with E-state index >= 15 is 0 Å². The number of ether oxygens (including phenoxy) is 1. The van der Waals surface area contributed by atoms with Gasteiger partial charge in [-0.1, -0.05) is 18.2 Å². The first-order chi connectivity index (χ1) is 13.5. The normalized spacial score (nSPS) is 13.9. The Balaban J connectivity index is 1.44. The molecule has 148 valence electrons. The molecule has 0 saturated carbocycles. The summed E-state index contributed by atoms with van der Waals surface area (Å²) < 4.78 is 5.37. The van der Waals surface area contributed by atoms with E-state index < -0.39 is 11.8 Å². The molecule has 1 saturated heterocycles. The van der Waals surface area contributed by atoms with Crippen LogP contribution in [-0.2, 0) is 20.7 Å². The Morgan fingerprint density at radius 2 is 1.68 bits per heavy atom. The lowest BCUT2D eigenvalue weighted by molar-refractivity contribution is -0.136. The van der Waals surface area contributed by atoms with Crippen LogP contribution in [0.4, 0.5) is 11.4 Å². The van der Waals surface area contributed by atoms with Crippen molar-refractivity contribution >= 4 is 23.2 Å². The van der Waals surface area contributed by atoms with Crippen molar-refractivity contribution in [1.82, 2.24) is 5.32 Å². The summed E-state index contributed by atoms with van der Waals surface area (Å²) in [7, 11) is 0. The quantitative estimate of drug-likeness (QED) is 0.781. The molecule has 2 aromatic rings. The Bertz CT molecular complexity index is 827. The van der Waals surface area contributed by atoms with Crippen molar-refractivity contribution in [2.75, 3.05) is 43.1 Å². The van der Waals surface area contributed by atoms with Gasteiger partial charge in [-0.15, -0.1) is 0 Å². The molecule has 0 bridgehead atoms. The molecule has 0 unspecified atom stereocenters. The van der Waals surface area contributed by atoms with Gasteiger partial charge in [-0.05, 0) is 61.2 Å². The third-order valence-corrected chi connectivity index (χ3v) is 4.98. The van der Waals surface area contributed by atoms with E-state index in [-0.39, 0.29) is 0 Å². The van der Waals surface area contributed by atoms with Gasteiger partial charge in [0.2, 0.25) is 0 Å². The van der Waals surface area contributed by atoms with Crippen LogP contribution in [0.5, 0.6) is 0 Å². The SMILES string of the molecule is Cc1ccc(NC(=O)C(=O)NCCc2ccc(N3CCOCC3)cc2)cc1C. The molecule has 0 atom stereocenters. The molecule has 1 aliphatic rings. The molecule has 1 aliphatic heterocycles.